The molecule has 2 heteroatoms. The summed E-state index contributed by atoms with van der Waals surface area (Å²) in [5, 5.41) is 3.68. The molecule has 1 saturated carbocycles. The predicted molar refractivity (Wildman–Crippen MR) is 74.3 cm³/mol. The molecule has 0 unspecified atom stereocenters. The molecule has 17 heavy (non-hydrogen) atoms. The molecule has 1 aliphatic heterocycles. The summed E-state index contributed by atoms with van der Waals surface area (Å²) in [5.74, 6) is 1.83. The largest absolute Gasteiger partial charge is 0.314 e. The van der Waals surface area contributed by atoms with Crippen molar-refractivity contribution in [2.75, 3.05) is 26.2 Å². The van der Waals surface area contributed by atoms with Crippen LogP contribution in [-0.4, -0.2) is 37.1 Å². The molecule has 2 fully saturated rings. The molecule has 0 radical (unpaired) electrons. The van der Waals surface area contributed by atoms with E-state index < -0.39 is 0 Å². The Hall–Kier alpha value is -0.0800. The number of piperidine rings is 1. The van der Waals surface area contributed by atoms with Crippen LogP contribution in [0.3, 0.4) is 0 Å². The molecule has 0 aromatic heterocycles. The van der Waals surface area contributed by atoms with Crippen LogP contribution in [0.4, 0.5) is 0 Å². The van der Waals surface area contributed by atoms with Gasteiger partial charge in [0.25, 0.3) is 0 Å². The number of nitrogens with one attached hydrogen (secondary N) is 1. The quantitative estimate of drug-likeness (QED) is 0.733. The zero-order valence-corrected chi connectivity index (χ0v) is 11.8. The van der Waals surface area contributed by atoms with Crippen LogP contribution >= 0.6 is 0 Å². The van der Waals surface area contributed by atoms with Crippen molar-refractivity contribution >= 4 is 0 Å². The van der Waals surface area contributed by atoms with Gasteiger partial charge in [-0.3, -0.25) is 0 Å². The van der Waals surface area contributed by atoms with Crippen LogP contribution in [0.2, 0.25) is 0 Å². The second-order valence-corrected chi connectivity index (χ2v) is 6.50. The van der Waals surface area contributed by atoms with Gasteiger partial charge in [0.2, 0.25) is 0 Å². The van der Waals surface area contributed by atoms with Gasteiger partial charge in [-0.25, -0.2) is 0 Å². The Bertz CT molecular complexity index is 203. The summed E-state index contributed by atoms with van der Waals surface area (Å²) in [6.45, 7) is 9.96. The maximum Gasteiger partial charge on any atom is 0.00683 e. The summed E-state index contributed by atoms with van der Waals surface area (Å²) in [5.41, 5.74) is 0. The van der Waals surface area contributed by atoms with Gasteiger partial charge in [-0.05, 0) is 76.5 Å². The Morgan fingerprint density at radius 3 is 2.41 bits per heavy atom. The highest BCUT2D eigenvalue weighted by atomic mass is 15.1. The first-order chi connectivity index (χ1) is 8.24. The second-order valence-electron chi connectivity index (χ2n) is 6.50. The first kappa shape index (κ1) is 13.4. The van der Waals surface area contributed by atoms with Crippen LogP contribution in [0, 0.1) is 11.8 Å². The topological polar surface area (TPSA) is 15.3 Å². The highest BCUT2D eigenvalue weighted by Crippen LogP contribution is 2.22. The molecule has 1 heterocycles. The first-order valence-electron chi connectivity index (χ1n) is 7.70. The molecule has 1 aliphatic carbocycles. The van der Waals surface area contributed by atoms with Crippen molar-refractivity contribution in [3.63, 3.8) is 0 Å². The summed E-state index contributed by atoms with van der Waals surface area (Å²) in [7, 11) is 0. The fourth-order valence-corrected chi connectivity index (χ4v) is 2.76. The Kier molecular flexibility index (Phi) is 5.30. The molecule has 2 rings (SSSR count). The van der Waals surface area contributed by atoms with Gasteiger partial charge in [0, 0.05) is 6.04 Å². The van der Waals surface area contributed by atoms with Gasteiger partial charge in [0.15, 0.2) is 0 Å². The highest BCUT2D eigenvalue weighted by molar-refractivity contribution is 4.83. The van der Waals surface area contributed by atoms with Crippen molar-refractivity contribution in [2.24, 2.45) is 11.8 Å². The Morgan fingerprint density at radius 2 is 1.82 bits per heavy atom. The van der Waals surface area contributed by atoms with E-state index in [0.29, 0.717) is 0 Å². The van der Waals surface area contributed by atoms with Gasteiger partial charge < -0.3 is 10.2 Å². The monoisotopic (exact) mass is 238 g/mol. The lowest BCUT2D eigenvalue weighted by molar-refractivity contribution is 0.177. The Balaban J connectivity index is 1.50. The predicted octanol–water partition coefficient (Wildman–Crippen LogP) is 2.89. The zero-order valence-electron chi connectivity index (χ0n) is 11.8. The molecule has 0 spiro atoms. The third-order valence-corrected chi connectivity index (χ3v) is 4.24. The summed E-state index contributed by atoms with van der Waals surface area (Å²) in [6.07, 6.45) is 8.47. The smallest absolute Gasteiger partial charge is 0.00683 e. The number of nitrogens with zero attached hydrogens (tertiary/aromatic N) is 1. The molecular formula is C15H30N2. The van der Waals surface area contributed by atoms with Crippen molar-refractivity contribution in [3.8, 4) is 0 Å². The molecule has 0 atom stereocenters. The lowest BCUT2D eigenvalue weighted by Crippen LogP contribution is -2.38. The van der Waals surface area contributed by atoms with Gasteiger partial charge in [0.05, 0.1) is 0 Å². The van der Waals surface area contributed by atoms with Crippen LogP contribution in [0.15, 0.2) is 0 Å². The van der Waals surface area contributed by atoms with Gasteiger partial charge >= 0.3 is 0 Å². The minimum atomic E-state index is 0.871. The van der Waals surface area contributed by atoms with Crippen molar-refractivity contribution in [2.45, 2.75) is 58.4 Å². The van der Waals surface area contributed by atoms with Crippen molar-refractivity contribution < 1.29 is 0 Å². The molecular weight excluding hydrogens is 208 g/mol. The van der Waals surface area contributed by atoms with E-state index in [4.69, 9.17) is 0 Å². The van der Waals surface area contributed by atoms with E-state index in [2.05, 4.69) is 24.1 Å². The fourth-order valence-electron chi connectivity index (χ4n) is 2.76. The van der Waals surface area contributed by atoms with E-state index in [1.54, 1.807) is 0 Å². The second kappa shape index (κ2) is 6.75. The van der Waals surface area contributed by atoms with Gasteiger partial charge in [-0.1, -0.05) is 13.8 Å². The van der Waals surface area contributed by atoms with E-state index in [9.17, 15) is 0 Å². The molecule has 0 aromatic rings. The number of rotatable bonds is 7. The summed E-state index contributed by atoms with van der Waals surface area (Å²) in [4.78, 5) is 2.68. The maximum absolute atomic E-state index is 3.68. The maximum atomic E-state index is 3.68. The summed E-state index contributed by atoms with van der Waals surface area (Å²) < 4.78 is 0. The van der Waals surface area contributed by atoms with E-state index in [1.807, 2.05) is 0 Å². The average molecular weight is 238 g/mol. The van der Waals surface area contributed by atoms with Crippen LogP contribution in [0.1, 0.15) is 52.4 Å². The van der Waals surface area contributed by atoms with Crippen LogP contribution in [0.25, 0.3) is 0 Å². The third-order valence-electron chi connectivity index (χ3n) is 4.24. The molecule has 1 saturated heterocycles. The number of hydrogen-bond donors (Lipinski definition) is 1. The highest BCUT2D eigenvalue weighted by Gasteiger charge is 2.24. The molecule has 2 nitrogen and oxygen atoms in total. The lowest BCUT2D eigenvalue weighted by atomic mass is 9.96. The number of likely N-dealkylation sites (tertiary alicyclic amines) is 1. The number of hydrogen-bond acceptors (Lipinski definition) is 2. The Labute approximate surface area is 107 Å². The molecule has 0 aromatic carbocycles. The van der Waals surface area contributed by atoms with Gasteiger partial charge in [-0.15, -0.1) is 0 Å². The van der Waals surface area contributed by atoms with Crippen LogP contribution < -0.4 is 5.32 Å². The van der Waals surface area contributed by atoms with E-state index in [-0.39, 0.29) is 0 Å². The van der Waals surface area contributed by atoms with E-state index >= 15 is 0 Å². The SMILES string of the molecule is CC(C)CCCN1CCC(CNC2CC2)CC1. The molecule has 100 valence electrons. The first-order valence-corrected chi connectivity index (χ1v) is 7.70. The third kappa shape index (κ3) is 5.39. The van der Waals surface area contributed by atoms with Crippen molar-refractivity contribution in [1.29, 1.82) is 0 Å². The van der Waals surface area contributed by atoms with E-state index in [1.165, 1.54) is 64.7 Å². The van der Waals surface area contributed by atoms with Gasteiger partial charge in [-0.2, -0.15) is 0 Å². The molecule has 1 N–H and O–H groups in total. The summed E-state index contributed by atoms with van der Waals surface area (Å²) >= 11 is 0. The molecule has 2 aliphatic rings. The lowest BCUT2D eigenvalue weighted by Gasteiger charge is -2.32. The average Bonchev–Trinajstić information content (AvgIpc) is 3.11. The van der Waals surface area contributed by atoms with Crippen LogP contribution in [0.5, 0.6) is 0 Å². The minimum Gasteiger partial charge on any atom is -0.314 e. The van der Waals surface area contributed by atoms with Crippen molar-refractivity contribution in [1.82, 2.24) is 10.2 Å². The molecule has 0 bridgehead atoms. The summed E-state index contributed by atoms with van der Waals surface area (Å²) in [6, 6.07) is 0.888. The van der Waals surface area contributed by atoms with E-state index in [0.717, 1.165) is 17.9 Å². The zero-order chi connectivity index (χ0) is 12.1. The Morgan fingerprint density at radius 1 is 1.12 bits per heavy atom. The van der Waals surface area contributed by atoms with Gasteiger partial charge in [0.1, 0.15) is 0 Å². The normalized spacial score (nSPS) is 23.5. The minimum absolute atomic E-state index is 0.871. The van der Waals surface area contributed by atoms with Crippen molar-refractivity contribution in [3.05, 3.63) is 0 Å². The fraction of sp³-hybridized carbons (Fsp3) is 1.00. The molecule has 0 amide bonds. The standard InChI is InChI=1S/C15H30N2/c1-13(2)4-3-9-17-10-7-14(8-11-17)12-16-15-5-6-15/h13-16H,3-12H2,1-2H3. The van der Waals surface area contributed by atoms with Crippen LogP contribution in [-0.2, 0) is 0 Å².